The first-order valence-corrected chi connectivity index (χ1v) is 9.37. The molecular formula is C18H16ClN3O2S. The smallest absolute Gasteiger partial charge is 0.338 e. The molecule has 0 unspecified atom stereocenters. The van der Waals surface area contributed by atoms with E-state index in [9.17, 15) is 4.79 Å². The van der Waals surface area contributed by atoms with Crippen molar-refractivity contribution in [3.63, 3.8) is 0 Å². The maximum absolute atomic E-state index is 11.7. The first kappa shape index (κ1) is 16.3. The number of esters is 1. The van der Waals surface area contributed by atoms with E-state index in [1.807, 2.05) is 12.1 Å². The second kappa shape index (κ2) is 6.61. The molecule has 0 amide bonds. The van der Waals surface area contributed by atoms with Crippen LogP contribution in [0.2, 0.25) is 5.28 Å². The second-order valence-corrected chi connectivity index (χ2v) is 7.22. The highest BCUT2D eigenvalue weighted by Gasteiger charge is 2.22. The van der Waals surface area contributed by atoms with Gasteiger partial charge in [0.1, 0.15) is 10.6 Å². The van der Waals surface area contributed by atoms with Gasteiger partial charge in [0.15, 0.2) is 0 Å². The van der Waals surface area contributed by atoms with Gasteiger partial charge in [-0.1, -0.05) is 0 Å². The number of fused-ring (bicyclic) bond motifs is 3. The lowest BCUT2D eigenvalue weighted by Crippen LogP contribution is -2.04. The molecule has 128 valence electrons. The summed E-state index contributed by atoms with van der Waals surface area (Å²) in [7, 11) is 0. The molecule has 0 fully saturated rings. The summed E-state index contributed by atoms with van der Waals surface area (Å²) in [4.78, 5) is 22.8. The summed E-state index contributed by atoms with van der Waals surface area (Å²) in [6.45, 7) is 2.15. The molecule has 0 saturated carbocycles. The number of thiophene rings is 1. The second-order valence-electron chi connectivity index (χ2n) is 5.80. The Morgan fingerprint density at radius 1 is 1.28 bits per heavy atom. The molecule has 0 atom stereocenters. The van der Waals surface area contributed by atoms with E-state index in [2.05, 4.69) is 15.3 Å². The third kappa shape index (κ3) is 3.07. The van der Waals surface area contributed by atoms with E-state index in [1.54, 1.807) is 30.4 Å². The van der Waals surface area contributed by atoms with Gasteiger partial charge < -0.3 is 10.1 Å². The average molecular weight is 374 g/mol. The molecule has 0 bridgehead atoms. The Balaban J connectivity index is 1.68. The molecular weight excluding hydrogens is 358 g/mol. The summed E-state index contributed by atoms with van der Waals surface area (Å²) in [5.41, 5.74) is 2.69. The van der Waals surface area contributed by atoms with Crippen molar-refractivity contribution in [2.45, 2.75) is 26.2 Å². The summed E-state index contributed by atoms with van der Waals surface area (Å²) in [6, 6.07) is 7.14. The minimum absolute atomic E-state index is 0.234. The van der Waals surface area contributed by atoms with Gasteiger partial charge in [-0.05, 0) is 67.6 Å². The van der Waals surface area contributed by atoms with Crippen molar-refractivity contribution in [1.29, 1.82) is 0 Å². The number of rotatable bonds is 4. The van der Waals surface area contributed by atoms with Gasteiger partial charge in [-0.15, -0.1) is 11.3 Å². The molecule has 2 aromatic heterocycles. The number of anilines is 2. The number of aromatic nitrogens is 2. The maximum atomic E-state index is 11.7. The van der Waals surface area contributed by atoms with Gasteiger partial charge in [0.05, 0.1) is 17.6 Å². The lowest BCUT2D eigenvalue weighted by atomic mass is 10.1. The predicted octanol–water partition coefficient (Wildman–Crippen LogP) is 4.75. The van der Waals surface area contributed by atoms with Crippen molar-refractivity contribution in [3.05, 3.63) is 45.6 Å². The molecule has 0 radical (unpaired) electrons. The molecule has 1 aliphatic rings. The zero-order chi connectivity index (χ0) is 17.4. The van der Waals surface area contributed by atoms with Crippen molar-refractivity contribution >= 4 is 50.6 Å². The van der Waals surface area contributed by atoms with Crippen LogP contribution in [0.3, 0.4) is 0 Å². The van der Waals surface area contributed by atoms with E-state index in [0.29, 0.717) is 12.2 Å². The van der Waals surface area contributed by atoms with Crippen LogP contribution in [0, 0.1) is 0 Å². The Morgan fingerprint density at radius 3 is 2.84 bits per heavy atom. The molecule has 3 aromatic rings. The van der Waals surface area contributed by atoms with Gasteiger partial charge in [-0.2, -0.15) is 4.98 Å². The number of halogens is 1. The Bertz CT molecular complexity index is 953. The van der Waals surface area contributed by atoms with Gasteiger partial charge in [-0.25, -0.2) is 9.78 Å². The van der Waals surface area contributed by atoms with Crippen LogP contribution in [0.4, 0.5) is 11.5 Å². The zero-order valence-electron chi connectivity index (χ0n) is 13.6. The molecule has 0 spiro atoms. The lowest BCUT2D eigenvalue weighted by molar-refractivity contribution is 0.0526. The van der Waals surface area contributed by atoms with E-state index >= 15 is 0 Å². The van der Waals surface area contributed by atoms with Crippen molar-refractivity contribution in [1.82, 2.24) is 9.97 Å². The highest BCUT2D eigenvalue weighted by molar-refractivity contribution is 7.19. The van der Waals surface area contributed by atoms with E-state index < -0.39 is 0 Å². The molecule has 25 heavy (non-hydrogen) atoms. The quantitative estimate of drug-likeness (QED) is 0.528. The number of nitrogens with zero attached hydrogens (tertiary/aromatic N) is 2. The fourth-order valence-corrected chi connectivity index (χ4v) is 4.58. The Kier molecular flexibility index (Phi) is 4.31. The van der Waals surface area contributed by atoms with Gasteiger partial charge in [0.2, 0.25) is 5.28 Å². The highest BCUT2D eigenvalue weighted by atomic mass is 35.5. The number of carbonyl (C=O) groups excluding carboxylic acids is 1. The van der Waals surface area contributed by atoms with Crippen LogP contribution in [0.25, 0.3) is 10.2 Å². The number of aryl methyl sites for hydroxylation is 2. The number of ether oxygens (including phenoxy) is 1. The van der Waals surface area contributed by atoms with Crippen LogP contribution >= 0.6 is 22.9 Å². The number of nitrogens with one attached hydrogen (secondary N) is 1. The van der Waals surface area contributed by atoms with Gasteiger partial charge >= 0.3 is 5.97 Å². The standard InChI is InChI=1S/C18H16ClN3O2S/c1-2-24-17(23)10-6-8-11(9-7-10)20-15-14-12-4-3-5-13(12)25-16(14)22-18(19)21-15/h6-9H,2-5H2,1H3,(H,20,21,22). The monoisotopic (exact) mass is 373 g/mol. The predicted molar refractivity (Wildman–Crippen MR) is 100 cm³/mol. The molecule has 7 heteroatoms. The Morgan fingerprint density at radius 2 is 2.08 bits per heavy atom. The topological polar surface area (TPSA) is 64.1 Å². The minimum Gasteiger partial charge on any atom is -0.462 e. The molecule has 2 heterocycles. The van der Waals surface area contributed by atoms with Crippen molar-refractivity contribution in [2.24, 2.45) is 0 Å². The van der Waals surface area contributed by atoms with Crippen LogP contribution in [-0.4, -0.2) is 22.5 Å². The van der Waals surface area contributed by atoms with Gasteiger partial charge in [0.25, 0.3) is 0 Å². The summed E-state index contributed by atoms with van der Waals surface area (Å²) < 4.78 is 5.00. The summed E-state index contributed by atoms with van der Waals surface area (Å²) >= 11 is 7.80. The SMILES string of the molecule is CCOC(=O)c1ccc(Nc2nc(Cl)nc3sc4c(c23)CCC4)cc1. The van der Waals surface area contributed by atoms with Gasteiger partial charge in [-0.3, -0.25) is 0 Å². The van der Waals surface area contributed by atoms with Crippen LogP contribution < -0.4 is 5.32 Å². The molecule has 0 saturated heterocycles. The Hall–Kier alpha value is -2.18. The fourth-order valence-electron chi connectivity index (χ4n) is 3.10. The van der Waals surface area contributed by atoms with E-state index in [0.717, 1.165) is 34.6 Å². The van der Waals surface area contributed by atoms with Crippen molar-refractivity contribution in [2.75, 3.05) is 11.9 Å². The molecule has 1 aromatic carbocycles. The number of benzene rings is 1. The third-order valence-electron chi connectivity index (χ3n) is 4.20. The van der Waals surface area contributed by atoms with E-state index in [-0.39, 0.29) is 11.3 Å². The van der Waals surface area contributed by atoms with Crippen molar-refractivity contribution in [3.8, 4) is 0 Å². The number of hydrogen-bond acceptors (Lipinski definition) is 6. The first-order chi connectivity index (χ1) is 12.2. The van der Waals surface area contributed by atoms with E-state index in [1.165, 1.54) is 16.9 Å². The van der Waals surface area contributed by atoms with Crippen LogP contribution in [0.15, 0.2) is 24.3 Å². The fraction of sp³-hybridized carbons (Fsp3) is 0.278. The number of hydrogen-bond donors (Lipinski definition) is 1. The first-order valence-electron chi connectivity index (χ1n) is 8.17. The highest BCUT2D eigenvalue weighted by Crippen LogP contribution is 2.40. The molecule has 1 aliphatic carbocycles. The molecule has 1 N–H and O–H groups in total. The molecule has 0 aliphatic heterocycles. The normalized spacial score (nSPS) is 13.0. The number of carbonyl (C=O) groups is 1. The van der Waals surface area contributed by atoms with Gasteiger partial charge in [0, 0.05) is 10.6 Å². The Labute approximate surface area is 154 Å². The largest absolute Gasteiger partial charge is 0.462 e. The van der Waals surface area contributed by atoms with Crippen LogP contribution in [-0.2, 0) is 17.6 Å². The summed E-state index contributed by atoms with van der Waals surface area (Å²) in [6.07, 6.45) is 3.33. The molecule has 4 rings (SSSR count). The van der Waals surface area contributed by atoms with E-state index in [4.69, 9.17) is 16.3 Å². The zero-order valence-corrected chi connectivity index (χ0v) is 15.2. The maximum Gasteiger partial charge on any atom is 0.338 e. The average Bonchev–Trinajstić information content (AvgIpc) is 3.16. The van der Waals surface area contributed by atoms with Crippen LogP contribution in [0.1, 0.15) is 34.1 Å². The van der Waals surface area contributed by atoms with Crippen LogP contribution in [0.5, 0.6) is 0 Å². The third-order valence-corrected chi connectivity index (χ3v) is 5.55. The minimum atomic E-state index is -0.322. The lowest BCUT2D eigenvalue weighted by Gasteiger charge is -2.09. The van der Waals surface area contributed by atoms with Crippen molar-refractivity contribution < 1.29 is 9.53 Å². The molecule has 5 nitrogen and oxygen atoms in total. The summed E-state index contributed by atoms with van der Waals surface area (Å²) in [5, 5.41) is 4.62. The summed E-state index contributed by atoms with van der Waals surface area (Å²) in [5.74, 6) is 0.399.